The van der Waals surface area contributed by atoms with E-state index < -0.39 is 0 Å². The smallest absolute Gasteiger partial charge is 0.253 e. The number of rotatable bonds is 4. The molecule has 0 radical (unpaired) electrons. The molecule has 1 amide bonds. The maximum atomic E-state index is 12.4. The van der Waals surface area contributed by atoms with Gasteiger partial charge in [0, 0.05) is 31.8 Å². The van der Waals surface area contributed by atoms with E-state index in [1.54, 1.807) is 18.2 Å². The van der Waals surface area contributed by atoms with Gasteiger partial charge in [-0.3, -0.25) is 9.69 Å². The summed E-state index contributed by atoms with van der Waals surface area (Å²) in [4.78, 5) is 14.7. The second-order valence-electron chi connectivity index (χ2n) is 6.08. The molecule has 0 aromatic heterocycles. The number of fused-ring (bicyclic) bond motifs is 1. The van der Waals surface area contributed by atoms with Gasteiger partial charge in [0.1, 0.15) is 0 Å². The zero-order valence-corrected chi connectivity index (χ0v) is 14.2. The van der Waals surface area contributed by atoms with Crippen molar-refractivity contribution in [1.29, 1.82) is 0 Å². The van der Waals surface area contributed by atoms with Gasteiger partial charge in [-0.15, -0.1) is 0 Å². The highest BCUT2D eigenvalue weighted by Gasteiger charge is 2.37. The number of ether oxygens (including phenoxy) is 1. The standard InChI is InChI=1S/C16H20Cl2N2O3/c17-14-3-1-2-13(15(14)18)16(22)19-10-6-11-9-23-12(4-5-21)8-20(11)7-10/h1-3,10-12,21H,4-9H2,(H,19,22)/t10-,11-,12-/m0/s1. The van der Waals surface area contributed by atoms with E-state index >= 15 is 0 Å². The molecule has 23 heavy (non-hydrogen) atoms. The molecule has 1 aromatic carbocycles. The van der Waals surface area contributed by atoms with Gasteiger partial charge >= 0.3 is 0 Å². The Bertz CT molecular complexity index is 584. The van der Waals surface area contributed by atoms with Crippen LogP contribution in [0.2, 0.25) is 10.0 Å². The van der Waals surface area contributed by atoms with Gasteiger partial charge in [-0.1, -0.05) is 29.3 Å². The third-order valence-electron chi connectivity index (χ3n) is 4.47. The van der Waals surface area contributed by atoms with Crippen molar-refractivity contribution in [3.05, 3.63) is 33.8 Å². The average molecular weight is 359 g/mol. The minimum absolute atomic E-state index is 0.0685. The monoisotopic (exact) mass is 358 g/mol. The molecule has 2 N–H and O–H groups in total. The molecule has 3 atom stereocenters. The number of nitrogens with zero attached hydrogens (tertiary/aromatic N) is 1. The molecule has 1 aromatic rings. The van der Waals surface area contributed by atoms with Crippen LogP contribution in [-0.2, 0) is 4.74 Å². The Labute approximate surface area is 145 Å². The highest BCUT2D eigenvalue weighted by molar-refractivity contribution is 6.43. The summed E-state index contributed by atoms with van der Waals surface area (Å²) < 4.78 is 5.75. The van der Waals surface area contributed by atoms with Crippen LogP contribution in [0.25, 0.3) is 0 Å². The summed E-state index contributed by atoms with van der Waals surface area (Å²) in [5, 5.41) is 12.7. The van der Waals surface area contributed by atoms with E-state index in [9.17, 15) is 4.79 Å². The predicted molar refractivity (Wildman–Crippen MR) is 89.1 cm³/mol. The lowest BCUT2D eigenvalue weighted by molar-refractivity contribution is -0.0566. The fourth-order valence-corrected chi connectivity index (χ4v) is 3.69. The number of benzene rings is 1. The Hall–Kier alpha value is -0.850. The van der Waals surface area contributed by atoms with Gasteiger partial charge in [0.2, 0.25) is 0 Å². The Morgan fingerprint density at radius 1 is 1.39 bits per heavy atom. The summed E-state index contributed by atoms with van der Waals surface area (Å²) >= 11 is 12.1. The summed E-state index contributed by atoms with van der Waals surface area (Å²) in [6.45, 7) is 2.38. The first-order valence-corrected chi connectivity index (χ1v) is 8.55. The van der Waals surface area contributed by atoms with Crippen LogP contribution in [0.15, 0.2) is 18.2 Å². The van der Waals surface area contributed by atoms with Crippen molar-refractivity contribution in [2.75, 3.05) is 26.3 Å². The van der Waals surface area contributed by atoms with Gasteiger partial charge in [-0.25, -0.2) is 0 Å². The molecule has 2 heterocycles. The maximum Gasteiger partial charge on any atom is 0.253 e. The van der Waals surface area contributed by atoms with Crippen LogP contribution in [0.3, 0.4) is 0 Å². The topological polar surface area (TPSA) is 61.8 Å². The summed E-state index contributed by atoms with van der Waals surface area (Å²) in [7, 11) is 0. The molecule has 0 bridgehead atoms. The molecular formula is C16H20Cl2N2O3. The van der Waals surface area contributed by atoms with Gasteiger partial charge in [-0.2, -0.15) is 0 Å². The van der Waals surface area contributed by atoms with Crippen molar-refractivity contribution < 1.29 is 14.6 Å². The number of carbonyl (C=O) groups excluding carboxylic acids is 1. The number of aliphatic hydroxyl groups is 1. The number of amides is 1. The Kier molecular flexibility index (Phi) is 5.44. The van der Waals surface area contributed by atoms with Crippen LogP contribution in [0.5, 0.6) is 0 Å². The van der Waals surface area contributed by atoms with E-state index in [2.05, 4.69) is 10.2 Å². The number of morpholine rings is 1. The molecule has 2 saturated heterocycles. The highest BCUT2D eigenvalue weighted by atomic mass is 35.5. The van der Waals surface area contributed by atoms with E-state index in [0.717, 1.165) is 19.5 Å². The lowest BCUT2D eigenvalue weighted by Crippen LogP contribution is -2.46. The molecule has 3 rings (SSSR count). The molecule has 7 heteroatoms. The van der Waals surface area contributed by atoms with Crippen molar-refractivity contribution >= 4 is 29.1 Å². The molecule has 0 spiro atoms. The molecule has 2 aliphatic heterocycles. The molecule has 2 aliphatic rings. The zero-order valence-electron chi connectivity index (χ0n) is 12.7. The summed E-state index contributed by atoms with van der Waals surface area (Å²) in [6, 6.07) is 5.44. The summed E-state index contributed by atoms with van der Waals surface area (Å²) in [5.74, 6) is -0.199. The maximum absolute atomic E-state index is 12.4. The number of halogens is 2. The third kappa shape index (κ3) is 3.80. The number of nitrogens with one attached hydrogen (secondary N) is 1. The second-order valence-corrected chi connectivity index (χ2v) is 6.87. The number of hydrogen-bond acceptors (Lipinski definition) is 4. The minimum Gasteiger partial charge on any atom is -0.396 e. The van der Waals surface area contributed by atoms with Crippen LogP contribution >= 0.6 is 23.2 Å². The quantitative estimate of drug-likeness (QED) is 0.863. The van der Waals surface area contributed by atoms with Crippen LogP contribution in [-0.4, -0.2) is 60.4 Å². The lowest BCUT2D eigenvalue weighted by Gasteiger charge is -2.34. The van der Waals surface area contributed by atoms with E-state index in [1.165, 1.54) is 0 Å². The SMILES string of the molecule is O=C(N[C@H]1C[C@H]2CO[C@@H](CCO)CN2C1)c1cccc(Cl)c1Cl. The molecule has 2 fully saturated rings. The molecule has 0 unspecified atom stereocenters. The lowest BCUT2D eigenvalue weighted by atomic mass is 10.1. The largest absolute Gasteiger partial charge is 0.396 e. The fourth-order valence-electron chi connectivity index (χ4n) is 3.31. The van der Waals surface area contributed by atoms with Crippen molar-refractivity contribution in [2.45, 2.75) is 31.0 Å². The molecule has 5 nitrogen and oxygen atoms in total. The van der Waals surface area contributed by atoms with Gasteiger partial charge in [0.05, 0.1) is 28.3 Å². The van der Waals surface area contributed by atoms with Crippen molar-refractivity contribution in [3.63, 3.8) is 0 Å². The molecule has 0 saturated carbocycles. The Balaban J connectivity index is 1.60. The van der Waals surface area contributed by atoms with Crippen LogP contribution in [0.1, 0.15) is 23.2 Å². The number of aliphatic hydroxyl groups excluding tert-OH is 1. The van der Waals surface area contributed by atoms with Gasteiger partial charge < -0.3 is 15.2 Å². The Morgan fingerprint density at radius 2 is 2.22 bits per heavy atom. The first-order chi connectivity index (χ1) is 11.1. The zero-order chi connectivity index (χ0) is 16.4. The number of hydrogen-bond donors (Lipinski definition) is 2. The normalized spacial score (nSPS) is 27.7. The van der Waals surface area contributed by atoms with E-state index in [1.807, 2.05) is 0 Å². The molecule has 0 aliphatic carbocycles. The van der Waals surface area contributed by atoms with Crippen LogP contribution in [0.4, 0.5) is 0 Å². The summed E-state index contributed by atoms with van der Waals surface area (Å²) in [6.07, 6.45) is 1.58. The first-order valence-electron chi connectivity index (χ1n) is 7.80. The van der Waals surface area contributed by atoms with Crippen molar-refractivity contribution in [2.24, 2.45) is 0 Å². The van der Waals surface area contributed by atoms with E-state index in [4.69, 9.17) is 33.0 Å². The van der Waals surface area contributed by atoms with E-state index in [0.29, 0.717) is 29.7 Å². The van der Waals surface area contributed by atoms with Gasteiger partial charge in [0.25, 0.3) is 5.91 Å². The number of carbonyl (C=O) groups is 1. The predicted octanol–water partition coefficient (Wildman–Crippen LogP) is 1.95. The Morgan fingerprint density at radius 3 is 3.00 bits per heavy atom. The average Bonchev–Trinajstić information content (AvgIpc) is 2.91. The van der Waals surface area contributed by atoms with Crippen LogP contribution in [0, 0.1) is 0 Å². The van der Waals surface area contributed by atoms with Gasteiger partial charge in [-0.05, 0) is 25.0 Å². The fraction of sp³-hybridized carbons (Fsp3) is 0.562. The first kappa shape index (κ1) is 17.0. The highest BCUT2D eigenvalue weighted by Crippen LogP contribution is 2.27. The minimum atomic E-state index is -0.199. The second kappa shape index (κ2) is 7.36. The summed E-state index contributed by atoms with van der Waals surface area (Å²) in [5.41, 5.74) is 0.401. The molecular weight excluding hydrogens is 339 g/mol. The molecule has 126 valence electrons. The van der Waals surface area contributed by atoms with Gasteiger partial charge in [0.15, 0.2) is 0 Å². The van der Waals surface area contributed by atoms with Crippen LogP contribution < -0.4 is 5.32 Å². The van der Waals surface area contributed by atoms with E-state index in [-0.39, 0.29) is 29.7 Å². The third-order valence-corrected chi connectivity index (χ3v) is 5.29. The van der Waals surface area contributed by atoms with Crippen molar-refractivity contribution in [3.8, 4) is 0 Å². The van der Waals surface area contributed by atoms with Crippen molar-refractivity contribution in [1.82, 2.24) is 10.2 Å².